The fourth-order valence-electron chi connectivity index (χ4n) is 2.97. The highest BCUT2D eigenvalue weighted by Crippen LogP contribution is 2.20. The Bertz CT molecular complexity index is 899. The highest BCUT2D eigenvalue weighted by atomic mass is 16.5. The van der Waals surface area contributed by atoms with Gasteiger partial charge in [-0.25, -0.2) is 4.98 Å². The van der Waals surface area contributed by atoms with Crippen LogP contribution < -0.4 is 15.4 Å². The quantitative estimate of drug-likeness (QED) is 0.465. The predicted molar refractivity (Wildman–Crippen MR) is 114 cm³/mol. The minimum Gasteiger partial charge on any atom is -0.493 e. The molecule has 6 heteroatoms. The average molecular weight is 380 g/mol. The smallest absolute Gasteiger partial charge is 0.191 e. The van der Waals surface area contributed by atoms with Crippen LogP contribution in [0.25, 0.3) is 5.65 Å². The van der Waals surface area contributed by atoms with Gasteiger partial charge in [-0.2, -0.15) is 0 Å². The van der Waals surface area contributed by atoms with Crippen LogP contribution in [-0.4, -0.2) is 35.5 Å². The molecule has 0 radical (unpaired) electrons. The highest BCUT2D eigenvalue weighted by molar-refractivity contribution is 5.79. The van der Waals surface area contributed by atoms with E-state index in [2.05, 4.69) is 58.9 Å². The van der Waals surface area contributed by atoms with Crippen LogP contribution in [0.2, 0.25) is 0 Å². The number of pyridine rings is 1. The molecular weight excluding hydrogens is 350 g/mol. The minimum absolute atomic E-state index is 0.660. The maximum Gasteiger partial charge on any atom is 0.191 e. The number of guanidine groups is 1. The van der Waals surface area contributed by atoms with E-state index in [1.54, 1.807) is 7.05 Å². The monoisotopic (exact) mass is 379 g/mol. The van der Waals surface area contributed by atoms with Crippen molar-refractivity contribution in [1.82, 2.24) is 20.0 Å². The zero-order chi connectivity index (χ0) is 19.8. The van der Waals surface area contributed by atoms with E-state index in [4.69, 9.17) is 4.74 Å². The summed E-state index contributed by atoms with van der Waals surface area (Å²) in [5.74, 6) is 1.71. The zero-order valence-electron chi connectivity index (χ0n) is 16.9. The first-order valence-corrected chi connectivity index (χ1v) is 9.79. The van der Waals surface area contributed by atoms with Gasteiger partial charge >= 0.3 is 0 Å². The number of ether oxygens (including phenoxy) is 1. The second-order valence-corrected chi connectivity index (χ2v) is 6.76. The van der Waals surface area contributed by atoms with Crippen LogP contribution >= 0.6 is 0 Å². The van der Waals surface area contributed by atoms with Crippen molar-refractivity contribution in [3.8, 4) is 5.75 Å². The molecule has 28 heavy (non-hydrogen) atoms. The molecule has 2 N–H and O–H groups in total. The number of benzene rings is 1. The molecule has 0 unspecified atom stereocenters. The number of fused-ring (bicyclic) bond motifs is 1. The zero-order valence-corrected chi connectivity index (χ0v) is 16.9. The molecule has 0 aliphatic carbocycles. The molecule has 0 aliphatic rings. The van der Waals surface area contributed by atoms with Crippen molar-refractivity contribution >= 4 is 11.6 Å². The Morgan fingerprint density at radius 1 is 1.21 bits per heavy atom. The molecule has 1 aromatic carbocycles. The average Bonchev–Trinajstić information content (AvgIpc) is 3.12. The van der Waals surface area contributed by atoms with Crippen molar-refractivity contribution in [2.45, 2.75) is 33.2 Å². The number of hydrogen-bond acceptors (Lipinski definition) is 3. The summed E-state index contributed by atoms with van der Waals surface area (Å²) in [7, 11) is 1.78. The largest absolute Gasteiger partial charge is 0.493 e. The van der Waals surface area contributed by atoms with Crippen molar-refractivity contribution in [2.24, 2.45) is 4.99 Å². The standard InChI is InChI=1S/C22H29N5O/c1-4-13-28-20-14-17(2)8-9-18(20)15-25-22(23-3)24-11-10-19-16-27-12-6-5-7-21(27)26-19/h5-9,12,14,16H,4,10-11,13,15H2,1-3H3,(H2,23,24,25). The Labute approximate surface area is 166 Å². The molecule has 3 aromatic rings. The molecule has 0 aliphatic heterocycles. The second kappa shape index (κ2) is 9.78. The number of aryl methyl sites for hydroxylation is 1. The van der Waals surface area contributed by atoms with E-state index in [0.29, 0.717) is 6.54 Å². The lowest BCUT2D eigenvalue weighted by Gasteiger charge is -2.15. The van der Waals surface area contributed by atoms with E-state index in [0.717, 1.165) is 54.6 Å². The summed E-state index contributed by atoms with van der Waals surface area (Å²) >= 11 is 0. The number of aliphatic imine (C=N–C) groups is 1. The van der Waals surface area contributed by atoms with Crippen LogP contribution in [0.4, 0.5) is 0 Å². The van der Waals surface area contributed by atoms with Gasteiger partial charge in [0.1, 0.15) is 11.4 Å². The Morgan fingerprint density at radius 3 is 2.89 bits per heavy atom. The Hall–Kier alpha value is -3.02. The van der Waals surface area contributed by atoms with Gasteiger partial charge in [-0.05, 0) is 37.1 Å². The van der Waals surface area contributed by atoms with Gasteiger partial charge in [-0.3, -0.25) is 4.99 Å². The van der Waals surface area contributed by atoms with Gasteiger partial charge in [-0.15, -0.1) is 0 Å². The number of rotatable bonds is 8. The summed E-state index contributed by atoms with van der Waals surface area (Å²) < 4.78 is 7.93. The number of nitrogens with one attached hydrogen (secondary N) is 2. The maximum atomic E-state index is 5.89. The van der Waals surface area contributed by atoms with E-state index in [-0.39, 0.29) is 0 Å². The van der Waals surface area contributed by atoms with Crippen molar-refractivity contribution in [2.75, 3.05) is 20.2 Å². The van der Waals surface area contributed by atoms with Gasteiger partial charge < -0.3 is 19.8 Å². The topological polar surface area (TPSA) is 63.0 Å². The van der Waals surface area contributed by atoms with Gasteiger partial charge in [0.2, 0.25) is 0 Å². The van der Waals surface area contributed by atoms with E-state index in [1.807, 2.05) is 28.8 Å². The maximum absolute atomic E-state index is 5.89. The lowest BCUT2D eigenvalue weighted by atomic mass is 10.1. The molecule has 2 heterocycles. The number of hydrogen-bond donors (Lipinski definition) is 2. The van der Waals surface area contributed by atoms with E-state index in [9.17, 15) is 0 Å². The predicted octanol–water partition coefficient (Wildman–Crippen LogP) is 3.34. The Morgan fingerprint density at radius 2 is 2.11 bits per heavy atom. The normalized spacial score (nSPS) is 11.6. The molecule has 0 amide bonds. The fraction of sp³-hybridized carbons (Fsp3) is 0.364. The molecule has 2 aromatic heterocycles. The molecule has 0 fully saturated rings. The van der Waals surface area contributed by atoms with Gasteiger partial charge in [0.25, 0.3) is 0 Å². The van der Waals surface area contributed by atoms with Crippen LogP contribution in [-0.2, 0) is 13.0 Å². The molecule has 0 spiro atoms. The lowest BCUT2D eigenvalue weighted by Crippen LogP contribution is -2.38. The van der Waals surface area contributed by atoms with Gasteiger partial charge in [0, 0.05) is 44.5 Å². The Balaban J connectivity index is 1.52. The fourth-order valence-corrected chi connectivity index (χ4v) is 2.97. The van der Waals surface area contributed by atoms with E-state index < -0.39 is 0 Å². The molecule has 0 saturated carbocycles. The first-order chi connectivity index (χ1) is 13.7. The summed E-state index contributed by atoms with van der Waals surface area (Å²) in [6.45, 7) is 6.34. The summed E-state index contributed by atoms with van der Waals surface area (Å²) in [6.07, 6.45) is 5.90. The molecule has 6 nitrogen and oxygen atoms in total. The third kappa shape index (κ3) is 5.25. The van der Waals surface area contributed by atoms with Crippen LogP contribution in [0.5, 0.6) is 5.75 Å². The van der Waals surface area contributed by atoms with Crippen molar-refractivity contribution in [1.29, 1.82) is 0 Å². The molecule has 0 saturated heterocycles. The molecular formula is C22H29N5O. The first kappa shape index (κ1) is 19.7. The van der Waals surface area contributed by atoms with Crippen LogP contribution in [0.15, 0.2) is 53.8 Å². The SMILES string of the molecule is CCCOc1cc(C)ccc1CNC(=NC)NCCc1cn2ccccc2n1. The lowest BCUT2D eigenvalue weighted by molar-refractivity contribution is 0.313. The first-order valence-electron chi connectivity index (χ1n) is 9.79. The van der Waals surface area contributed by atoms with Crippen molar-refractivity contribution < 1.29 is 4.74 Å². The van der Waals surface area contributed by atoms with Crippen molar-refractivity contribution in [3.63, 3.8) is 0 Å². The molecule has 0 bridgehead atoms. The molecule has 0 atom stereocenters. The van der Waals surface area contributed by atoms with Gasteiger partial charge in [0.05, 0.1) is 12.3 Å². The van der Waals surface area contributed by atoms with E-state index >= 15 is 0 Å². The minimum atomic E-state index is 0.660. The summed E-state index contributed by atoms with van der Waals surface area (Å²) in [5, 5.41) is 6.72. The summed E-state index contributed by atoms with van der Waals surface area (Å²) in [6, 6.07) is 12.3. The summed E-state index contributed by atoms with van der Waals surface area (Å²) in [4.78, 5) is 8.94. The second-order valence-electron chi connectivity index (χ2n) is 6.76. The van der Waals surface area contributed by atoms with Gasteiger partial charge in [0.15, 0.2) is 5.96 Å². The highest BCUT2D eigenvalue weighted by Gasteiger charge is 2.06. The van der Waals surface area contributed by atoms with E-state index in [1.165, 1.54) is 5.56 Å². The van der Waals surface area contributed by atoms with Crippen LogP contribution in [0.3, 0.4) is 0 Å². The Kier molecular flexibility index (Phi) is 6.89. The number of nitrogens with zero attached hydrogens (tertiary/aromatic N) is 3. The van der Waals surface area contributed by atoms with Crippen LogP contribution in [0, 0.1) is 6.92 Å². The van der Waals surface area contributed by atoms with Crippen LogP contribution in [0.1, 0.15) is 30.2 Å². The van der Waals surface area contributed by atoms with Crippen molar-refractivity contribution in [3.05, 3.63) is 65.6 Å². The third-order valence-corrected chi connectivity index (χ3v) is 4.44. The third-order valence-electron chi connectivity index (χ3n) is 4.44. The van der Waals surface area contributed by atoms with Gasteiger partial charge in [-0.1, -0.05) is 25.1 Å². The molecule has 3 rings (SSSR count). The molecule has 148 valence electrons. The number of aromatic nitrogens is 2. The summed E-state index contributed by atoms with van der Waals surface area (Å²) in [5.41, 5.74) is 4.36. The number of imidazole rings is 1.